The SMILES string of the molecule is O=C(CNC(=O)c1ccc2cc[nH]c2c1)OC(C(=O)Nc1cc(C(F)(F)F)ccc1Cl)c1ccccc1. The molecule has 0 aliphatic rings. The number of esters is 1. The van der Waals surface area contributed by atoms with Crippen molar-refractivity contribution in [2.45, 2.75) is 12.3 Å². The summed E-state index contributed by atoms with van der Waals surface area (Å²) in [5.41, 5.74) is -0.00394. The van der Waals surface area contributed by atoms with Crippen LogP contribution in [0.4, 0.5) is 18.9 Å². The molecule has 1 unspecified atom stereocenters. The van der Waals surface area contributed by atoms with E-state index in [-0.39, 0.29) is 16.3 Å². The summed E-state index contributed by atoms with van der Waals surface area (Å²) in [6, 6.07) is 17.2. The topological polar surface area (TPSA) is 100 Å². The summed E-state index contributed by atoms with van der Waals surface area (Å²) in [4.78, 5) is 41.0. The quantitative estimate of drug-likeness (QED) is 0.275. The Kier molecular flexibility index (Phi) is 7.49. The molecule has 3 N–H and O–H groups in total. The highest BCUT2D eigenvalue weighted by Gasteiger charge is 2.32. The number of hydrogen-bond acceptors (Lipinski definition) is 4. The van der Waals surface area contributed by atoms with Crippen LogP contribution in [0.3, 0.4) is 0 Å². The van der Waals surface area contributed by atoms with E-state index in [9.17, 15) is 27.6 Å². The molecule has 2 amide bonds. The molecular weight excluding hydrogens is 511 g/mol. The van der Waals surface area contributed by atoms with Gasteiger partial charge in [0.05, 0.1) is 16.3 Å². The van der Waals surface area contributed by atoms with Gasteiger partial charge < -0.3 is 20.4 Å². The van der Waals surface area contributed by atoms with Crippen LogP contribution >= 0.6 is 11.6 Å². The van der Waals surface area contributed by atoms with E-state index in [0.717, 1.165) is 23.0 Å². The fourth-order valence-electron chi connectivity index (χ4n) is 3.51. The van der Waals surface area contributed by atoms with Crippen molar-refractivity contribution in [3.63, 3.8) is 0 Å². The standard InChI is InChI=1S/C26H19ClF3N3O4/c27-19-9-8-18(26(28,29)30)13-21(19)33-25(36)23(16-4-2-1-3-5-16)37-22(34)14-32-24(35)17-7-6-15-10-11-31-20(15)12-17/h1-13,23,31H,14H2,(H,32,35)(H,33,36). The number of fused-ring (bicyclic) bond motifs is 1. The van der Waals surface area contributed by atoms with Crippen molar-refractivity contribution in [3.05, 3.63) is 101 Å². The number of benzene rings is 3. The average molecular weight is 530 g/mol. The van der Waals surface area contributed by atoms with Crippen LogP contribution in [-0.4, -0.2) is 29.3 Å². The Morgan fingerprint density at radius 3 is 2.46 bits per heavy atom. The minimum absolute atomic E-state index is 0.134. The predicted octanol–water partition coefficient (Wildman–Crippen LogP) is 5.49. The minimum atomic E-state index is -4.65. The van der Waals surface area contributed by atoms with Crippen LogP contribution in [0.15, 0.2) is 79.0 Å². The normalized spacial score (nSPS) is 12.1. The molecule has 3 aromatic carbocycles. The van der Waals surface area contributed by atoms with Gasteiger partial charge in [-0.25, -0.2) is 0 Å². The number of amides is 2. The second-order valence-corrected chi connectivity index (χ2v) is 8.33. The van der Waals surface area contributed by atoms with Crippen LogP contribution in [0.25, 0.3) is 10.9 Å². The van der Waals surface area contributed by atoms with Crippen LogP contribution in [0, 0.1) is 0 Å². The molecule has 11 heteroatoms. The molecule has 0 fully saturated rings. The van der Waals surface area contributed by atoms with Gasteiger partial charge in [-0.2, -0.15) is 13.2 Å². The van der Waals surface area contributed by atoms with Gasteiger partial charge >= 0.3 is 12.1 Å². The van der Waals surface area contributed by atoms with Crippen molar-refractivity contribution in [1.82, 2.24) is 10.3 Å². The molecule has 190 valence electrons. The Morgan fingerprint density at radius 1 is 0.973 bits per heavy atom. The number of carbonyl (C=O) groups excluding carboxylic acids is 3. The lowest BCUT2D eigenvalue weighted by Crippen LogP contribution is -2.33. The van der Waals surface area contributed by atoms with E-state index >= 15 is 0 Å². The fourth-order valence-corrected chi connectivity index (χ4v) is 3.68. The van der Waals surface area contributed by atoms with Crippen molar-refractivity contribution in [1.29, 1.82) is 0 Å². The Balaban J connectivity index is 1.46. The highest BCUT2D eigenvalue weighted by atomic mass is 35.5. The molecule has 0 radical (unpaired) electrons. The number of nitrogens with one attached hydrogen (secondary N) is 3. The summed E-state index contributed by atoms with van der Waals surface area (Å²) in [6.45, 7) is -0.553. The molecule has 0 saturated carbocycles. The first-order valence-electron chi connectivity index (χ1n) is 10.9. The second kappa shape index (κ2) is 10.8. The summed E-state index contributed by atoms with van der Waals surface area (Å²) in [5, 5.41) is 5.50. The molecular formula is C26H19ClF3N3O4. The van der Waals surface area contributed by atoms with E-state index in [1.54, 1.807) is 42.6 Å². The predicted molar refractivity (Wildman–Crippen MR) is 131 cm³/mol. The number of hydrogen-bond donors (Lipinski definition) is 3. The Hall–Kier alpha value is -4.31. The summed E-state index contributed by atoms with van der Waals surface area (Å²) in [7, 11) is 0. The smallest absolute Gasteiger partial charge is 0.416 e. The zero-order chi connectivity index (χ0) is 26.6. The number of ether oxygens (including phenoxy) is 1. The number of anilines is 1. The number of aromatic amines is 1. The lowest BCUT2D eigenvalue weighted by atomic mass is 10.1. The van der Waals surface area contributed by atoms with Crippen LogP contribution in [0.1, 0.15) is 27.6 Å². The van der Waals surface area contributed by atoms with Gasteiger partial charge in [-0.3, -0.25) is 14.4 Å². The third-order valence-corrected chi connectivity index (χ3v) is 5.68. The lowest BCUT2D eigenvalue weighted by Gasteiger charge is -2.19. The van der Waals surface area contributed by atoms with Gasteiger partial charge in [-0.1, -0.05) is 48.0 Å². The first-order valence-corrected chi connectivity index (χ1v) is 11.3. The molecule has 37 heavy (non-hydrogen) atoms. The lowest BCUT2D eigenvalue weighted by molar-refractivity contribution is -0.153. The van der Waals surface area contributed by atoms with Gasteiger partial charge in [0.2, 0.25) is 6.10 Å². The van der Waals surface area contributed by atoms with Gasteiger partial charge in [-0.15, -0.1) is 0 Å². The first-order chi connectivity index (χ1) is 17.6. The maximum atomic E-state index is 13.1. The zero-order valence-electron chi connectivity index (χ0n) is 18.9. The number of carbonyl (C=O) groups is 3. The Bertz CT molecular complexity index is 1450. The Morgan fingerprint density at radius 2 is 1.73 bits per heavy atom. The maximum absolute atomic E-state index is 13.1. The summed E-state index contributed by atoms with van der Waals surface area (Å²) < 4.78 is 44.6. The highest BCUT2D eigenvalue weighted by Crippen LogP contribution is 2.34. The third kappa shape index (κ3) is 6.28. The summed E-state index contributed by atoms with van der Waals surface area (Å²) >= 11 is 5.98. The van der Waals surface area contributed by atoms with Gasteiger partial charge in [0.25, 0.3) is 11.8 Å². The Labute approximate surface area is 213 Å². The van der Waals surface area contributed by atoms with E-state index in [4.69, 9.17) is 16.3 Å². The molecule has 1 heterocycles. The largest absolute Gasteiger partial charge is 0.446 e. The number of aromatic nitrogens is 1. The fraction of sp³-hybridized carbons (Fsp3) is 0.115. The van der Waals surface area contributed by atoms with Gasteiger partial charge in [0.15, 0.2) is 0 Å². The molecule has 4 rings (SSSR count). The monoisotopic (exact) mass is 529 g/mol. The minimum Gasteiger partial charge on any atom is -0.446 e. The van der Waals surface area contributed by atoms with Crippen LogP contribution in [0.5, 0.6) is 0 Å². The third-order valence-electron chi connectivity index (χ3n) is 5.35. The van der Waals surface area contributed by atoms with E-state index in [0.29, 0.717) is 11.6 Å². The molecule has 0 aliphatic heterocycles. The molecule has 1 atom stereocenters. The summed E-state index contributed by atoms with van der Waals surface area (Å²) in [5.74, 6) is -2.40. The van der Waals surface area contributed by atoms with Crippen LogP contribution in [0.2, 0.25) is 5.02 Å². The number of alkyl halides is 3. The van der Waals surface area contributed by atoms with Crippen molar-refractivity contribution < 1.29 is 32.3 Å². The number of H-pyrrole nitrogens is 1. The molecule has 1 aromatic heterocycles. The number of rotatable bonds is 7. The van der Waals surface area contributed by atoms with Gasteiger partial charge in [0.1, 0.15) is 6.54 Å². The second-order valence-electron chi connectivity index (χ2n) is 7.92. The molecule has 0 saturated heterocycles. The molecule has 0 aliphatic carbocycles. The number of halogens is 4. The molecule has 7 nitrogen and oxygen atoms in total. The van der Waals surface area contributed by atoms with Crippen molar-refractivity contribution in [3.8, 4) is 0 Å². The zero-order valence-corrected chi connectivity index (χ0v) is 19.7. The van der Waals surface area contributed by atoms with Gasteiger partial charge in [-0.05, 0) is 41.8 Å². The van der Waals surface area contributed by atoms with Crippen molar-refractivity contribution >= 4 is 46.0 Å². The maximum Gasteiger partial charge on any atom is 0.416 e. The van der Waals surface area contributed by atoms with Crippen molar-refractivity contribution in [2.24, 2.45) is 0 Å². The van der Waals surface area contributed by atoms with Crippen LogP contribution < -0.4 is 10.6 Å². The van der Waals surface area contributed by atoms with E-state index in [1.807, 2.05) is 6.07 Å². The first kappa shape index (κ1) is 25.8. The molecule has 0 spiro atoms. The summed E-state index contributed by atoms with van der Waals surface area (Å²) in [6.07, 6.45) is -4.45. The van der Waals surface area contributed by atoms with E-state index < -0.39 is 42.2 Å². The average Bonchev–Trinajstić information content (AvgIpc) is 3.35. The van der Waals surface area contributed by atoms with E-state index in [1.165, 1.54) is 12.1 Å². The molecule has 4 aromatic rings. The van der Waals surface area contributed by atoms with Crippen molar-refractivity contribution in [2.75, 3.05) is 11.9 Å². The van der Waals surface area contributed by atoms with Gasteiger partial charge in [0, 0.05) is 22.8 Å². The van der Waals surface area contributed by atoms with Crippen LogP contribution in [-0.2, 0) is 20.5 Å². The highest BCUT2D eigenvalue weighted by molar-refractivity contribution is 6.33. The molecule has 0 bridgehead atoms. The van der Waals surface area contributed by atoms with E-state index in [2.05, 4.69) is 15.6 Å².